The summed E-state index contributed by atoms with van der Waals surface area (Å²) in [6, 6.07) is 12.2. The molecule has 3 rings (SSSR count). The lowest BCUT2D eigenvalue weighted by molar-refractivity contribution is -0.123. The van der Waals surface area contributed by atoms with E-state index in [0.717, 1.165) is 10.5 Å². The Morgan fingerprint density at radius 3 is 2.58 bits per heavy atom. The summed E-state index contributed by atoms with van der Waals surface area (Å²) >= 11 is 1.34. The monoisotopic (exact) mass is 491 g/mol. The summed E-state index contributed by atoms with van der Waals surface area (Å²) in [5, 5.41) is 2.83. The highest BCUT2D eigenvalue weighted by molar-refractivity contribution is 8.00. The molecule has 2 amide bonds. The number of hydrogen-bond acceptors (Lipinski definition) is 6. The van der Waals surface area contributed by atoms with Crippen molar-refractivity contribution in [1.82, 2.24) is 9.62 Å². The van der Waals surface area contributed by atoms with Crippen LogP contribution in [0, 0.1) is 0 Å². The van der Waals surface area contributed by atoms with Crippen LogP contribution in [0.5, 0.6) is 5.75 Å². The number of nitrogens with zero attached hydrogens (tertiary/aromatic N) is 2. The van der Waals surface area contributed by atoms with Gasteiger partial charge in [0.25, 0.3) is 0 Å². The fourth-order valence-electron chi connectivity index (χ4n) is 3.57. The van der Waals surface area contributed by atoms with E-state index in [-0.39, 0.29) is 35.6 Å². The van der Waals surface area contributed by atoms with Crippen LogP contribution in [0.15, 0.2) is 52.3 Å². The van der Waals surface area contributed by atoms with Gasteiger partial charge in [-0.25, -0.2) is 8.42 Å². The van der Waals surface area contributed by atoms with Gasteiger partial charge in [0.2, 0.25) is 21.8 Å². The highest BCUT2D eigenvalue weighted by Gasteiger charge is 2.30. The molecule has 0 atom stereocenters. The summed E-state index contributed by atoms with van der Waals surface area (Å²) in [6.45, 7) is 6.71. The molecule has 1 N–H and O–H groups in total. The molecule has 33 heavy (non-hydrogen) atoms. The van der Waals surface area contributed by atoms with Crippen LogP contribution in [0.25, 0.3) is 0 Å². The van der Waals surface area contributed by atoms with Gasteiger partial charge in [0.15, 0.2) is 0 Å². The third kappa shape index (κ3) is 5.69. The number of sulfonamides is 1. The molecule has 178 valence electrons. The number of thioether (sulfide) groups is 1. The van der Waals surface area contributed by atoms with Crippen molar-refractivity contribution >= 4 is 39.3 Å². The highest BCUT2D eigenvalue weighted by Crippen LogP contribution is 2.37. The molecule has 1 aliphatic rings. The average molecular weight is 492 g/mol. The summed E-state index contributed by atoms with van der Waals surface area (Å²) in [7, 11) is -3.69. The van der Waals surface area contributed by atoms with E-state index in [9.17, 15) is 18.0 Å². The van der Waals surface area contributed by atoms with Gasteiger partial charge in [0.05, 0.1) is 22.9 Å². The van der Waals surface area contributed by atoms with E-state index in [4.69, 9.17) is 4.74 Å². The van der Waals surface area contributed by atoms with E-state index >= 15 is 0 Å². The van der Waals surface area contributed by atoms with Crippen molar-refractivity contribution < 1.29 is 22.7 Å². The fraction of sp³-hybridized carbons (Fsp3) is 0.391. The van der Waals surface area contributed by atoms with E-state index in [0.29, 0.717) is 31.1 Å². The lowest BCUT2D eigenvalue weighted by Crippen LogP contribution is -2.43. The molecule has 1 heterocycles. The van der Waals surface area contributed by atoms with Crippen LogP contribution in [0.1, 0.15) is 26.3 Å². The van der Waals surface area contributed by atoms with Gasteiger partial charge in [0, 0.05) is 30.1 Å². The molecule has 0 aliphatic carbocycles. The smallest absolute Gasteiger partial charge is 0.243 e. The topological polar surface area (TPSA) is 96.0 Å². The second kappa shape index (κ2) is 11.0. The molecule has 8 nitrogen and oxygen atoms in total. The standard InChI is InChI=1S/C23H29N3O5S2/c1-4-25(5-2)33(29,30)18-11-12-21-19(13-18)26(23(28)16-32-21)15-22(27)24-14-17-9-7-8-10-20(17)31-6-3/h7-13H,4-6,14-16H2,1-3H3,(H,24,27). The number of para-hydroxylation sites is 1. The van der Waals surface area contributed by atoms with E-state index in [1.54, 1.807) is 26.0 Å². The minimum absolute atomic E-state index is 0.108. The molecule has 0 radical (unpaired) electrons. The highest BCUT2D eigenvalue weighted by atomic mass is 32.2. The summed E-state index contributed by atoms with van der Waals surface area (Å²) in [5.74, 6) is 0.303. The van der Waals surface area contributed by atoms with Crippen LogP contribution in [0.3, 0.4) is 0 Å². The predicted octanol–water partition coefficient (Wildman–Crippen LogP) is 2.87. The second-order valence-corrected chi connectivity index (χ2v) is 10.3. The first-order chi connectivity index (χ1) is 15.8. The third-order valence-electron chi connectivity index (χ3n) is 5.27. The number of nitrogens with one attached hydrogen (secondary N) is 1. The molecule has 0 spiro atoms. The zero-order valence-corrected chi connectivity index (χ0v) is 20.7. The quantitative estimate of drug-likeness (QED) is 0.549. The number of benzene rings is 2. The number of carbonyl (C=O) groups is 2. The molecule has 1 aliphatic heterocycles. The average Bonchev–Trinajstić information content (AvgIpc) is 2.81. The van der Waals surface area contributed by atoms with Crippen LogP contribution in [-0.2, 0) is 26.2 Å². The molecule has 0 fully saturated rings. The number of fused-ring (bicyclic) bond motifs is 1. The Balaban J connectivity index is 1.79. The van der Waals surface area contributed by atoms with E-state index < -0.39 is 10.0 Å². The number of ether oxygens (including phenoxy) is 1. The van der Waals surface area contributed by atoms with Crippen molar-refractivity contribution in [1.29, 1.82) is 0 Å². The second-order valence-electron chi connectivity index (χ2n) is 7.30. The Kier molecular flexibility index (Phi) is 8.39. The molecule has 2 aromatic rings. The molecule has 10 heteroatoms. The maximum absolute atomic E-state index is 13.0. The number of amides is 2. The van der Waals surface area contributed by atoms with Gasteiger partial charge in [-0.05, 0) is 31.2 Å². The van der Waals surface area contributed by atoms with Crippen LogP contribution in [0.2, 0.25) is 0 Å². The van der Waals surface area contributed by atoms with Gasteiger partial charge in [-0.2, -0.15) is 4.31 Å². The SMILES string of the molecule is CCOc1ccccc1CNC(=O)CN1C(=O)CSc2ccc(S(=O)(=O)N(CC)CC)cc21. The summed E-state index contributed by atoms with van der Waals surface area (Å²) in [5.41, 5.74) is 1.27. The molecular formula is C23H29N3O5S2. The van der Waals surface area contributed by atoms with Gasteiger partial charge in [0.1, 0.15) is 12.3 Å². The number of carbonyl (C=O) groups excluding carboxylic acids is 2. The van der Waals surface area contributed by atoms with E-state index in [1.807, 2.05) is 31.2 Å². The summed E-state index contributed by atoms with van der Waals surface area (Å²) < 4.78 is 32.9. The molecule has 0 saturated carbocycles. The van der Waals surface area contributed by atoms with Crippen LogP contribution in [0.4, 0.5) is 5.69 Å². The third-order valence-corrected chi connectivity index (χ3v) is 8.36. The Morgan fingerprint density at radius 1 is 1.15 bits per heavy atom. The summed E-state index contributed by atoms with van der Waals surface area (Å²) in [4.78, 5) is 27.6. The van der Waals surface area contributed by atoms with Crippen LogP contribution >= 0.6 is 11.8 Å². The summed E-state index contributed by atoms with van der Waals surface area (Å²) in [6.07, 6.45) is 0. The van der Waals surface area contributed by atoms with E-state index in [2.05, 4.69) is 5.32 Å². The van der Waals surface area contributed by atoms with Crippen molar-refractivity contribution in [3.8, 4) is 5.75 Å². The minimum atomic E-state index is -3.69. The number of anilines is 1. The number of hydrogen-bond donors (Lipinski definition) is 1. The first-order valence-corrected chi connectivity index (χ1v) is 13.3. The molecule has 0 unspecified atom stereocenters. The van der Waals surface area contributed by atoms with Crippen molar-refractivity contribution in [3.05, 3.63) is 48.0 Å². The number of rotatable bonds is 10. The predicted molar refractivity (Wildman–Crippen MR) is 129 cm³/mol. The largest absolute Gasteiger partial charge is 0.494 e. The lowest BCUT2D eigenvalue weighted by Gasteiger charge is -2.29. The fourth-order valence-corrected chi connectivity index (χ4v) is 5.96. The van der Waals surface area contributed by atoms with E-state index in [1.165, 1.54) is 27.0 Å². The van der Waals surface area contributed by atoms with Gasteiger partial charge < -0.3 is 15.0 Å². The Morgan fingerprint density at radius 2 is 1.88 bits per heavy atom. The zero-order chi connectivity index (χ0) is 24.0. The minimum Gasteiger partial charge on any atom is -0.494 e. The van der Waals surface area contributed by atoms with Crippen molar-refractivity contribution in [2.45, 2.75) is 37.1 Å². The Bertz CT molecular complexity index is 1120. The van der Waals surface area contributed by atoms with Crippen LogP contribution < -0.4 is 15.0 Å². The van der Waals surface area contributed by atoms with Gasteiger partial charge in [-0.3, -0.25) is 9.59 Å². The van der Waals surface area contributed by atoms with Gasteiger partial charge in [-0.1, -0.05) is 32.0 Å². The van der Waals surface area contributed by atoms with Gasteiger partial charge >= 0.3 is 0 Å². The Labute approximate surface area is 199 Å². The van der Waals surface area contributed by atoms with Gasteiger partial charge in [-0.15, -0.1) is 11.8 Å². The zero-order valence-electron chi connectivity index (χ0n) is 19.0. The lowest BCUT2D eigenvalue weighted by atomic mass is 10.2. The van der Waals surface area contributed by atoms with Crippen molar-refractivity contribution in [2.75, 3.05) is 36.9 Å². The molecule has 0 saturated heterocycles. The maximum atomic E-state index is 13.0. The molecular weight excluding hydrogens is 462 g/mol. The Hall–Kier alpha value is -2.56. The first-order valence-electron chi connectivity index (χ1n) is 10.9. The van der Waals surface area contributed by atoms with Crippen molar-refractivity contribution in [2.24, 2.45) is 0 Å². The molecule has 0 aromatic heterocycles. The van der Waals surface area contributed by atoms with Crippen molar-refractivity contribution in [3.63, 3.8) is 0 Å². The first kappa shape index (κ1) is 25.1. The molecule has 0 bridgehead atoms. The van der Waals surface area contributed by atoms with Crippen LogP contribution in [-0.4, -0.2) is 56.5 Å². The normalized spacial score (nSPS) is 13.7. The maximum Gasteiger partial charge on any atom is 0.243 e. The molecule has 2 aromatic carbocycles.